The van der Waals surface area contributed by atoms with Gasteiger partial charge in [0.1, 0.15) is 0 Å². The van der Waals surface area contributed by atoms with Gasteiger partial charge in [0.25, 0.3) is 0 Å². The van der Waals surface area contributed by atoms with Crippen molar-refractivity contribution in [3.63, 3.8) is 0 Å². The quantitative estimate of drug-likeness (QED) is 0.509. The molecule has 3 nitrogen and oxygen atoms in total. The molecular weight excluding hydrogens is 152 g/mol. The number of ether oxygens (including phenoxy) is 1. The summed E-state index contributed by atoms with van der Waals surface area (Å²) >= 11 is 0. The average Bonchev–Trinajstić information content (AvgIpc) is 2.04. The van der Waals surface area contributed by atoms with Crippen LogP contribution >= 0.6 is 0 Å². The van der Waals surface area contributed by atoms with E-state index in [2.05, 4.69) is 4.99 Å². The van der Waals surface area contributed by atoms with Crippen molar-refractivity contribution in [2.24, 2.45) is 10.9 Å². The molecule has 12 heavy (non-hydrogen) atoms. The molecule has 0 unspecified atom stereocenters. The van der Waals surface area contributed by atoms with E-state index in [1.807, 2.05) is 13.8 Å². The maximum atomic E-state index is 7.09. The van der Waals surface area contributed by atoms with Crippen LogP contribution in [0.4, 0.5) is 0 Å². The molecule has 0 spiro atoms. The molecule has 0 aromatic rings. The van der Waals surface area contributed by atoms with Crippen LogP contribution in [-0.2, 0) is 4.74 Å². The second kappa shape index (κ2) is 5.52. The Morgan fingerprint density at radius 2 is 2.08 bits per heavy atom. The van der Waals surface area contributed by atoms with Gasteiger partial charge in [-0.15, -0.1) is 0 Å². The maximum absolute atomic E-state index is 7.09. The Labute approximate surface area is 73.7 Å². The Morgan fingerprint density at radius 3 is 2.42 bits per heavy atom. The first-order chi connectivity index (χ1) is 5.61. The van der Waals surface area contributed by atoms with Crippen molar-refractivity contribution in [2.75, 3.05) is 7.11 Å². The summed E-state index contributed by atoms with van der Waals surface area (Å²) in [6, 6.07) is 0. The van der Waals surface area contributed by atoms with Crippen LogP contribution < -0.4 is 0 Å². The smallest absolute Gasteiger partial charge is 0.184 e. The highest BCUT2D eigenvalue weighted by molar-refractivity contribution is 5.78. The van der Waals surface area contributed by atoms with Crippen molar-refractivity contribution < 1.29 is 4.74 Å². The van der Waals surface area contributed by atoms with Crippen LogP contribution in [0.5, 0.6) is 0 Å². The summed E-state index contributed by atoms with van der Waals surface area (Å²) in [7, 11) is 1.58. The van der Waals surface area contributed by atoms with Crippen LogP contribution in [0.1, 0.15) is 20.8 Å². The highest BCUT2D eigenvalue weighted by Crippen LogP contribution is 2.06. The van der Waals surface area contributed by atoms with E-state index in [1.165, 1.54) is 6.21 Å². The van der Waals surface area contributed by atoms with E-state index in [0.29, 0.717) is 11.8 Å². The molecule has 0 rings (SSSR count). The van der Waals surface area contributed by atoms with E-state index in [4.69, 9.17) is 10.1 Å². The van der Waals surface area contributed by atoms with E-state index in [-0.39, 0.29) is 0 Å². The van der Waals surface area contributed by atoms with Crippen LogP contribution in [0.25, 0.3) is 0 Å². The van der Waals surface area contributed by atoms with Crippen molar-refractivity contribution >= 4 is 12.1 Å². The molecule has 0 amide bonds. The molecule has 0 saturated carbocycles. The lowest BCUT2D eigenvalue weighted by atomic mass is 10.1. The number of hydrogen-bond donors (Lipinski definition) is 1. The minimum Gasteiger partial charge on any atom is -0.484 e. The molecule has 0 aliphatic heterocycles. The lowest BCUT2D eigenvalue weighted by Gasteiger charge is -2.02. The van der Waals surface area contributed by atoms with Crippen LogP contribution in [0.15, 0.2) is 16.8 Å². The molecule has 0 aliphatic carbocycles. The first-order valence-corrected chi connectivity index (χ1v) is 3.90. The highest BCUT2D eigenvalue weighted by atomic mass is 16.5. The zero-order chi connectivity index (χ0) is 9.56. The molecule has 0 atom stereocenters. The largest absolute Gasteiger partial charge is 0.484 e. The summed E-state index contributed by atoms with van der Waals surface area (Å²) in [6.45, 7) is 5.82. The lowest BCUT2D eigenvalue weighted by molar-refractivity contribution is 0.400. The molecule has 0 aliphatic rings. The summed E-state index contributed by atoms with van der Waals surface area (Å²) in [5.41, 5.74) is 0.895. The Kier molecular flexibility index (Phi) is 5.00. The predicted molar refractivity (Wildman–Crippen MR) is 51.8 cm³/mol. The second-order valence-corrected chi connectivity index (χ2v) is 2.78. The molecule has 0 bridgehead atoms. The summed E-state index contributed by atoms with van der Waals surface area (Å²) in [5.74, 6) is 0.936. The number of hydrogen-bond acceptors (Lipinski definition) is 3. The summed E-state index contributed by atoms with van der Waals surface area (Å²) < 4.78 is 4.86. The monoisotopic (exact) mass is 168 g/mol. The number of aliphatic imine (C=N–C) groups is 1. The molecule has 0 radical (unpaired) electrons. The van der Waals surface area contributed by atoms with Gasteiger partial charge in [-0.25, -0.2) is 4.99 Å². The van der Waals surface area contributed by atoms with Crippen molar-refractivity contribution in [3.8, 4) is 0 Å². The molecule has 0 saturated heterocycles. The van der Waals surface area contributed by atoms with E-state index in [9.17, 15) is 0 Å². The summed E-state index contributed by atoms with van der Waals surface area (Å²) in [5, 5.41) is 7.09. The van der Waals surface area contributed by atoms with Gasteiger partial charge in [-0.3, -0.25) is 0 Å². The second-order valence-electron chi connectivity index (χ2n) is 2.78. The number of rotatable bonds is 3. The first kappa shape index (κ1) is 10.9. The molecule has 0 aromatic heterocycles. The SMILES string of the molecule is CO/C(C)=N/C=C(\C=N)C(C)C. The molecule has 0 aromatic carbocycles. The Bertz CT molecular complexity index is 205. The van der Waals surface area contributed by atoms with Gasteiger partial charge in [0.15, 0.2) is 5.90 Å². The molecule has 0 heterocycles. The Hall–Kier alpha value is -1.12. The molecule has 1 N–H and O–H groups in total. The fraction of sp³-hybridized carbons (Fsp3) is 0.556. The minimum atomic E-state index is 0.330. The molecule has 68 valence electrons. The molecule has 3 heteroatoms. The van der Waals surface area contributed by atoms with Gasteiger partial charge in [-0.05, 0) is 11.5 Å². The number of nitrogens with one attached hydrogen (secondary N) is 1. The number of nitrogens with zero attached hydrogens (tertiary/aromatic N) is 1. The van der Waals surface area contributed by atoms with Crippen molar-refractivity contribution in [1.82, 2.24) is 0 Å². The normalized spacial score (nSPS) is 13.4. The third-order valence-corrected chi connectivity index (χ3v) is 1.52. The van der Waals surface area contributed by atoms with E-state index < -0.39 is 0 Å². The fourth-order valence-corrected chi connectivity index (χ4v) is 0.571. The molecule has 0 fully saturated rings. The van der Waals surface area contributed by atoms with Crippen LogP contribution in [0.2, 0.25) is 0 Å². The third-order valence-electron chi connectivity index (χ3n) is 1.52. The van der Waals surface area contributed by atoms with Crippen molar-refractivity contribution in [1.29, 1.82) is 5.41 Å². The maximum Gasteiger partial charge on any atom is 0.184 e. The van der Waals surface area contributed by atoms with Crippen molar-refractivity contribution in [2.45, 2.75) is 20.8 Å². The van der Waals surface area contributed by atoms with Gasteiger partial charge in [0, 0.05) is 19.3 Å². The topological polar surface area (TPSA) is 45.4 Å². The van der Waals surface area contributed by atoms with Crippen LogP contribution in [0.3, 0.4) is 0 Å². The number of methoxy groups -OCH3 is 1. The average molecular weight is 168 g/mol. The standard InChI is InChI=1S/C9H16N2O/c1-7(2)9(5-10)6-11-8(3)12-4/h5-7,10H,1-4H3/b9-6+,10-5?,11-8+. The van der Waals surface area contributed by atoms with E-state index >= 15 is 0 Å². The highest BCUT2D eigenvalue weighted by Gasteiger charge is 1.97. The van der Waals surface area contributed by atoms with Crippen LogP contribution in [0, 0.1) is 11.3 Å². The first-order valence-electron chi connectivity index (χ1n) is 3.90. The Balaban J connectivity index is 4.40. The third kappa shape index (κ3) is 3.91. The van der Waals surface area contributed by atoms with Gasteiger partial charge in [0.05, 0.1) is 7.11 Å². The fourth-order valence-electron chi connectivity index (χ4n) is 0.571. The zero-order valence-corrected chi connectivity index (χ0v) is 8.09. The summed E-state index contributed by atoms with van der Waals surface area (Å²) in [4.78, 5) is 4.02. The van der Waals surface area contributed by atoms with Gasteiger partial charge in [-0.2, -0.15) is 0 Å². The number of allylic oxidation sites excluding steroid dienone is 1. The lowest BCUT2D eigenvalue weighted by Crippen LogP contribution is -1.96. The van der Waals surface area contributed by atoms with Crippen LogP contribution in [-0.4, -0.2) is 19.2 Å². The van der Waals surface area contributed by atoms with Gasteiger partial charge >= 0.3 is 0 Å². The van der Waals surface area contributed by atoms with E-state index in [0.717, 1.165) is 5.57 Å². The minimum absolute atomic E-state index is 0.330. The Morgan fingerprint density at radius 1 is 1.50 bits per heavy atom. The summed E-state index contributed by atoms with van der Waals surface area (Å²) in [6.07, 6.45) is 2.98. The zero-order valence-electron chi connectivity index (χ0n) is 8.09. The van der Waals surface area contributed by atoms with Gasteiger partial charge in [-0.1, -0.05) is 13.8 Å². The van der Waals surface area contributed by atoms with E-state index in [1.54, 1.807) is 20.2 Å². The van der Waals surface area contributed by atoms with Gasteiger partial charge in [0.2, 0.25) is 0 Å². The predicted octanol–water partition coefficient (Wildman–Crippen LogP) is 2.24. The molecular formula is C9H16N2O. The van der Waals surface area contributed by atoms with Gasteiger partial charge < -0.3 is 10.1 Å². The van der Waals surface area contributed by atoms with Crippen molar-refractivity contribution in [3.05, 3.63) is 11.8 Å².